The third-order valence-electron chi connectivity index (χ3n) is 6.84. The number of aliphatic imine (C=N–C) groups is 1. The molecule has 3 aromatic rings. The molecule has 0 unspecified atom stereocenters. The lowest BCUT2D eigenvalue weighted by molar-refractivity contribution is -0.138. The van der Waals surface area contributed by atoms with Crippen LogP contribution in [0.15, 0.2) is 46.9 Å². The van der Waals surface area contributed by atoms with Gasteiger partial charge >= 0.3 is 12.1 Å². The number of hydrogen-bond donors (Lipinski definition) is 1. The number of guanidine groups is 1. The predicted molar refractivity (Wildman–Crippen MR) is 141 cm³/mol. The number of nitrogens with zero attached hydrogens (tertiary/aromatic N) is 5. The number of benzene rings is 1. The molecule has 1 fully saturated rings. The number of piperazine rings is 1. The first-order valence-corrected chi connectivity index (χ1v) is 13.1. The molecule has 1 atom stereocenters. The van der Waals surface area contributed by atoms with E-state index < -0.39 is 35.3 Å². The standard InChI is InChI=1S/C26H25F4N5O4S/c1-38-20-4-3-15(26(28,29)30)11-19(20)35-18(13-22(36)37)17-14-40-24(27)23(17)32-25(35)34-9-7-33(8-10-34)16-5-6-31-21(12-16)39-2/h3-6,11-12,14,18H,7-10,13H2,1-2H3,(H,36,37)/t18-/m1/s1. The number of thiophene rings is 1. The first-order chi connectivity index (χ1) is 19.1. The lowest BCUT2D eigenvalue weighted by atomic mass is 10.00. The van der Waals surface area contributed by atoms with Gasteiger partial charge in [0.1, 0.15) is 11.4 Å². The van der Waals surface area contributed by atoms with Gasteiger partial charge in [-0.3, -0.25) is 4.79 Å². The summed E-state index contributed by atoms with van der Waals surface area (Å²) in [6, 6.07) is 5.60. The van der Waals surface area contributed by atoms with Crippen LogP contribution in [0.1, 0.15) is 23.6 Å². The number of carboxylic acid groups (broad SMARTS) is 1. The zero-order chi connectivity index (χ0) is 28.6. The van der Waals surface area contributed by atoms with Crippen LogP contribution in [0.25, 0.3) is 0 Å². The SMILES string of the molecule is COc1cc(N2CCN(C3=Nc4c(csc4F)[C@@H](CC(=O)O)N3c3cc(C(F)(F)F)ccc3OC)CC2)ccn1. The van der Waals surface area contributed by atoms with Gasteiger partial charge in [0.25, 0.3) is 0 Å². The summed E-state index contributed by atoms with van der Waals surface area (Å²) in [5.74, 6) is -0.494. The van der Waals surface area contributed by atoms with Crippen molar-refractivity contribution in [2.45, 2.75) is 18.6 Å². The quantitative estimate of drug-likeness (QED) is 0.401. The molecule has 0 amide bonds. The van der Waals surface area contributed by atoms with Crippen LogP contribution in [-0.2, 0) is 11.0 Å². The van der Waals surface area contributed by atoms with Gasteiger partial charge in [0.15, 0.2) is 0 Å². The van der Waals surface area contributed by atoms with E-state index in [2.05, 4.69) is 14.9 Å². The number of fused-ring (bicyclic) bond motifs is 1. The highest BCUT2D eigenvalue weighted by molar-refractivity contribution is 7.08. The highest BCUT2D eigenvalue weighted by atomic mass is 32.1. The normalized spacial score (nSPS) is 17.4. The molecule has 1 saturated heterocycles. The number of ether oxygens (including phenoxy) is 2. The Balaban J connectivity index is 1.58. The zero-order valence-corrected chi connectivity index (χ0v) is 22.3. The highest BCUT2D eigenvalue weighted by Gasteiger charge is 2.41. The number of rotatable bonds is 6. The Kier molecular flexibility index (Phi) is 7.45. The third kappa shape index (κ3) is 5.22. The van der Waals surface area contributed by atoms with Crippen molar-refractivity contribution in [3.05, 3.63) is 58.2 Å². The Bertz CT molecular complexity index is 1440. The van der Waals surface area contributed by atoms with Crippen LogP contribution >= 0.6 is 11.3 Å². The fourth-order valence-corrected chi connectivity index (χ4v) is 5.68. The summed E-state index contributed by atoms with van der Waals surface area (Å²) in [5, 5.41) is 10.6. The van der Waals surface area contributed by atoms with Crippen LogP contribution in [0.2, 0.25) is 0 Å². The Hall–Kier alpha value is -4.07. The summed E-state index contributed by atoms with van der Waals surface area (Å²) >= 11 is 0.766. The van der Waals surface area contributed by atoms with Crippen LogP contribution < -0.4 is 19.3 Å². The monoisotopic (exact) mass is 579 g/mol. The van der Waals surface area contributed by atoms with E-state index in [1.807, 2.05) is 11.0 Å². The number of alkyl halides is 3. The van der Waals surface area contributed by atoms with Crippen molar-refractivity contribution in [1.29, 1.82) is 0 Å². The van der Waals surface area contributed by atoms with E-state index in [9.17, 15) is 27.5 Å². The molecule has 14 heteroatoms. The maximum atomic E-state index is 14.9. The molecule has 212 valence electrons. The number of anilines is 2. The molecule has 40 heavy (non-hydrogen) atoms. The second kappa shape index (κ2) is 10.8. The largest absolute Gasteiger partial charge is 0.495 e. The van der Waals surface area contributed by atoms with E-state index in [4.69, 9.17) is 9.47 Å². The number of halogens is 4. The van der Waals surface area contributed by atoms with Crippen LogP contribution in [0.5, 0.6) is 11.6 Å². The maximum Gasteiger partial charge on any atom is 0.416 e. The van der Waals surface area contributed by atoms with Gasteiger partial charge in [0.05, 0.1) is 37.9 Å². The summed E-state index contributed by atoms with van der Waals surface area (Å²) in [6.45, 7) is 1.76. The predicted octanol–water partition coefficient (Wildman–Crippen LogP) is 5.16. The minimum atomic E-state index is -4.66. The van der Waals surface area contributed by atoms with Crippen LogP contribution in [0, 0.1) is 5.13 Å². The molecular weight excluding hydrogens is 554 g/mol. The molecule has 0 spiro atoms. The average Bonchev–Trinajstić information content (AvgIpc) is 3.32. The Morgan fingerprint density at radius 1 is 1.10 bits per heavy atom. The zero-order valence-electron chi connectivity index (χ0n) is 21.5. The summed E-state index contributed by atoms with van der Waals surface area (Å²) in [6.07, 6.45) is -3.53. The summed E-state index contributed by atoms with van der Waals surface area (Å²) in [7, 11) is 2.84. The lowest BCUT2D eigenvalue weighted by Gasteiger charge is -2.44. The first-order valence-electron chi connectivity index (χ1n) is 12.2. The fourth-order valence-electron chi connectivity index (χ4n) is 4.91. The molecule has 2 aromatic heterocycles. The lowest BCUT2D eigenvalue weighted by Crippen LogP contribution is -2.55. The number of pyridine rings is 1. The van der Waals surface area contributed by atoms with Gasteiger partial charge in [-0.15, -0.1) is 11.3 Å². The number of hydrogen-bond acceptors (Lipinski definition) is 9. The molecule has 1 N–H and O–H groups in total. The Morgan fingerprint density at radius 2 is 1.82 bits per heavy atom. The van der Waals surface area contributed by atoms with Crippen LogP contribution in [0.4, 0.5) is 34.6 Å². The smallest absolute Gasteiger partial charge is 0.416 e. The number of aliphatic carboxylic acids is 1. The second-order valence-corrected chi connectivity index (χ2v) is 9.95. The van der Waals surface area contributed by atoms with Crippen molar-refractivity contribution in [3.8, 4) is 11.6 Å². The van der Waals surface area contributed by atoms with E-state index in [-0.39, 0.29) is 28.6 Å². The van der Waals surface area contributed by atoms with Gasteiger partial charge in [-0.2, -0.15) is 17.6 Å². The molecule has 0 bridgehead atoms. The van der Waals surface area contributed by atoms with Crippen molar-refractivity contribution >= 4 is 40.3 Å². The molecule has 4 heterocycles. The molecule has 0 aliphatic carbocycles. The average molecular weight is 580 g/mol. The Morgan fingerprint density at radius 3 is 2.48 bits per heavy atom. The number of methoxy groups -OCH3 is 2. The van der Waals surface area contributed by atoms with Crippen molar-refractivity contribution < 1.29 is 36.9 Å². The van der Waals surface area contributed by atoms with Gasteiger partial charge in [-0.1, -0.05) is 0 Å². The van der Waals surface area contributed by atoms with Crippen LogP contribution in [-0.4, -0.2) is 67.3 Å². The number of carbonyl (C=O) groups is 1. The van der Waals surface area contributed by atoms with Crippen molar-refractivity contribution in [2.24, 2.45) is 4.99 Å². The van der Waals surface area contributed by atoms with Gasteiger partial charge in [-0.05, 0) is 24.3 Å². The van der Waals surface area contributed by atoms with Crippen molar-refractivity contribution in [3.63, 3.8) is 0 Å². The van der Waals surface area contributed by atoms with E-state index in [0.717, 1.165) is 29.2 Å². The summed E-state index contributed by atoms with van der Waals surface area (Å²) in [4.78, 5) is 26.0. The summed E-state index contributed by atoms with van der Waals surface area (Å²) in [5.41, 5.74) is 0.213. The van der Waals surface area contributed by atoms with E-state index in [0.29, 0.717) is 32.1 Å². The van der Waals surface area contributed by atoms with E-state index in [1.165, 1.54) is 30.6 Å². The Labute approximate surface area is 230 Å². The number of aromatic nitrogens is 1. The molecule has 1 aromatic carbocycles. The molecule has 0 radical (unpaired) electrons. The summed E-state index contributed by atoms with van der Waals surface area (Å²) < 4.78 is 66.8. The minimum Gasteiger partial charge on any atom is -0.495 e. The molecular formula is C26H25F4N5O4S. The number of carboxylic acids is 1. The first kappa shape index (κ1) is 27.5. The third-order valence-corrected chi connectivity index (χ3v) is 7.61. The maximum absolute atomic E-state index is 14.9. The highest BCUT2D eigenvalue weighted by Crippen LogP contribution is 2.47. The van der Waals surface area contributed by atoms with Gasteiger partial charge < -0.3 is 29.3 Å². The fraction of sp³-hybridized carbons (Fsp3) is 0.346. The molecule has 5 rings (SSSR count). The molecule has 0 saturated carbocycles. The molecule has 9 nitrogen and oxygen atoms in total. The van der Waals surface area contributed by atoms with E-state index >= 15 is 0 Å². The topological polar surface area (TPSA) is 90.7 Å². The second-order valence-electron chi connectivity index (χ2n) is 9.12. The minimum absolute atomic E-state index is 0.00487. The van der Waals surface area contributed by atoms with Crippen molar-refractivity contribution in [1.82, 2.24) is 9.88 Å². The van der Waals surface area contributed by atoms with Crippen molar-refractivity contribution in [2.75, 3.05) is 50.2 Å². The van der Waals surface area contributed by atoms with Crippen LogP contribution in [0.3, 0.4) is 0 Å². The van der Waals surface area contributed by atoms with Gasteiger partial charge in [-0.25, -0.2) is 9.98 Å². The van der Waals surface area contributed by atoms with Gasteiger partial charge in [0, 0.05) is 55.1 Å². The van der Waals surface area contributed by atoms with Gasteiger partial charge in [0.2, 0.25) is 17.0 Å². The molecule has 2 aliphatic rings. The molecule has 2 aliphatic heterocycles. The van der Waals surface area contributed by atoms with E-state index in [1.54, 1.807) is 12.3 Å².